The number of hydrogen-bond donors (Lipinski definition) is 1. The third-order valence-electron chi connectivity index (χ3n) is 4.41. The molecule has 0 aromatic rings. The Bertz CT molecular complexity index is 246. The minimum atomic E-state index is 0.161. The quantitative estimate of drug-likeness (QED) is 0.819. The summed E-state index contributed by atoms with van der Waals surface area (Å²) in [5, 5.41) is 9.80. The molecular weight excluding hydrogens is 214 g/mol. The second-order valence-electron chi connectivity index (χ2n) is 6.28. The van der Waals surface area contributed by atoms with E-state index >= 15 is 0 Å². The molecule has 0 bridgehead atoms. The summed E-state index contributed by atoms with van der Waals surface area (Å²) in [5.74, 6) is 0.773. The van der Waals surface area contributed by atoms with E-state index in [0.29, 0.717) is 12.7 Å². The fourth-order valence-corrected chi connectivity index (χ4v) is 3.61. The van der Waals surface area contributed by atoms with Crippen LogP contribution in [0.25, 0.3) is 0 Å². The summed E-state index contributed by atoms with van der Waals surface area (Å²) in [7, 11) is 0. The van der Waals surface area contributed by atoms with Crippen molar-refractivity contribution in [2.45, 2.75) is 45.6 Å². The highest BCUT2D eigenvalue weighted by Gasteiger charge is 2.36. The van der Waals surface area contributed by atoms with Crippen LogP contribution in [0.4, 0.5) is 0 Å². The number of aliphatic hydroxyl groups excluding tert-OH is 1. The highest BCUT2D eigenvalue weighted by Crippen LogP contribution is 2.39. The van der Waals surface area contributed by atoms with Crippen molar-refractivity contribution in [3.63, 3.8) is 0 Å². The van der Waals surface area contributed by atoms with Crippen molar-refractivity contribution in [3.05, 3.63) is 0 Å². The molecule has 0 aromatic heterocycles. The van der Waals surface area contributed by atoms with Gasteiger partial charge in [0.2, 0.25) is 0 Å². The van der Waals surface area contributed by atoms with Crippen LogP contribution in [0.5, 0.6) is 0 Å². The van der Waals surface area contributed by atoms with Gasteiger partial charge in [0, 0.05) is 31.7 Å². The molecule has 1 saturated carbocycles. The molecule has 100 valence electrons. The van der Waals surface area contributed by atoms with Crippen LogP contribution < -0.4 is 0 Å². The molecule has 3 unspecified atom stereocenters. The average Bonchev–Trinajstić information content (AvgIpc) is 2.29. The van der Waals surface area contributed by atoms with Crippen LogP contribution in [0.2, 0.25) is 0 Å². The average molecular weight is 241 g/mol. The van der Waals surface area contributed by atoms with Gasteiger partial charge in [0.15, 0.2) is 0 Å². The predicted molar refractivity (Wildman–Crippen MR) is 69.0 cm³/mol. The largest absolute Gasteiger partial charge is 0.396 e. The molecule has 2 aliphatic rings. The standard InChI is InChI=1S/C14H27NO2/c1-12-4-3-5-14(8-12,11-16)10-15-6-7-17-13(2)9-15/h12-13,16H,3-11H2,1-2H3. The maximum Gasteiger partial charge on any atom is 0.0674 e. The Hall–Kier alpha value is -0.120. The minimum absolute atomic E-state index is 0.161. The van der Waals surface area contributed by atoms with E-state index in [9.17, 15) is 5.11 Å². The highest BCUT2D eigenvalue weighted by atomic mass is 16.5. The molecule has 0 aromatic carbocycles. The van der Waals surface area contributed by atoms with Crippen LogP contribution in [0.1, 0.15) is 39.5 Å². The Balaban J connectivity index is 1.93. The van der Waals surface area contributed by atoms with Crippen LogP contribution in [0.3, 0.4) is 0 Å². The molecule has 1 saturated heterocycles. The minimum Gasteiger partial charge on any atom is -0.396 e. The number of ether oxygens (including phenoxy) is 1. The van der Waals surface area contributed by atoms with Gasteiger partial charge in [0.25, 0.3) is 0 Å². The van der Waals surface area contributed by atoms with Gasteiger partial charge in [-0.25, -0.2) is 0 Å². The summed E-state index contributed by atoms with van der Waals surface area (Å²) in [6.45, 7) is 8.77. The molecular formula is C14H27NO2. The highest BCUT2D eigenvalue weighted by molar-refractivity contribution is 4.88. The second-order valence-corrected chi connectivity index (χ2v) is 6.28. The monoisotopic (exact) mass is 241 g/mol. The van der Waals surface area contributed by atoms with Crippen LogP contribution >= 0.6 is 0 Å². The summed E-state index contributed by atoms with van der Waals surface area (Å²) < 4.78 is 5.58. The van der Waals surface area contributed by atoms with E-state index in [1.807, 2.05) is 0 Å². The molecule has 0 amide bonds. The van der Waals surface area contributed by atoms with Crippen molar-refractivity contribution in [2.75, 3.05) is 32.8 Å². The molecule has 1 aliphatic heterocycles. The molecule has 1 aliphatic carbocycles. The van der Waals surface area contributed by atoms with E-state index in [2.05, 4.69) is 18.7 Å². The Morgan fingerprint density at radius 2 is 2.24 bits per heavy atom. The second kappa shape index (κ2) is 5.68. The van der Waals surface area contributed by atoms with Gasteiger partial charge < -0.3 is 9.84 Å². The fourth-order valence-electron chi connectivity index (χ4n) is 3.61. The predicted octanol–water partition coefficient (Wildman–Crippen LogP) is 1.90. The first kappa shape index (κ1) is 13.3. The van der Waals surface area contributed by atoms with E-state index in [4.69, 9.17) is 4.74 Å². The molecule has 2 fully saturated rings. The molecule has 3 atom stereocenters. The molecule has 2 rings (SSSR count). The third kappa shape index (κ3) is 3.43. The Morgan fingerprint density at radius 1 is 1.41 bits per heavy atom. The molecule has 1 N–H and O–H groups in total. The van der Waals surface area contributed by atoms with Gasteiger partial charge in [-0.1, -0.05) is 19.8 Å². The van der Waals surface area contributed by atoms with Crippen molar-refractivity contribution >= 4 is 0 Å². The summed E-state index contributed by atoms with van der Waals surface area (Å²) in [6.07, 6.45) is 5.35. The fraction of sp³-hybridized carbons (Fsp3) is 1.00. The summed E-state index contributed by atoms with van der Waals surface area (Å²) in [4.78, 5) is 2.49. The van der Waals surface area contributed by atoms with Crippen LogP contribution in [-0.2, 0) is 4.74 Å². The lowest BCUT2D eigenvalue weighted by atomic mass is 9.70. The van der Waals surface area contributed by atoms with Gasteiger partial charge >= 0.3 is 0 Å². The van der Waals surface area contributed by atoms with E-state index in [-0.39, 0.29) is 5.41 Å². The number of rotatable bonds is 3. The SMILES string of the molecule is CC1CCCC(CO)(CN2CCOC(C)C2)C1. The topological polar surface area (TPSA) is 32.7 Å². The molecule has 17 heavy (non-hydrogen) atoms. The van der Waals surface area contributed by atoms with Gasteiger partial charge in [0.1, 0.15) is 0 Å². The summed E-state index contributed by atoms with van der Waals surface area (Å²) in [5.41, 5.74) is 0.161. The molecule has 3 nitrogen and oxygen atoms in total. The van der Waals surface area contributed by atoms with Gasteiger partial charge in [0.05, 0.1) is 12.7 Å². The zero-order valence-electron chi connectivity index (χ0n) is 11.3. The Morgan fingerprint density at radius 3 is 2.88 bits per heavy atom. The van der Waals surface area contributed by atoms with Crippen molar-refractivity contribution in [1.29, 1.82) is 0 Å². The molecule has 3 heteroatoms. The lowest BCUT2D eigenvalue weighted by molar-refractivity contribution is -0.0503. The number of nitrogens with zero attached hydrogens (tertiary/aromatic N) is 1. The Kier molecular flexibility index (Phi) is 4.45. The van der Waals surface area contributed by atoms with Crippen LogP contribution in [0, 0.1) is 11.3 Å². The maximum absolute atomic E-state index is 9.80. The van der Waals surface area contributed by atoms with Crippen molar-refractivity contribution in [2.24, 2.45) is 11.3 Å². The first-order valence-corrected chi connectivity index (χ1v) is 7.08. The molecule has 0 spiro atoms. The Labute approximate surface area is 105 Å². The summed E-state index contributed by atoms with van der Waals surface area (Å²) in [6, 6.07) is 0. The lowest BCUT2D eigenvalue weighted by Gasteiger charge is -2.43. The third-order valence-corrected chi connectivity index (χ3v) is 4.41. The van der Waals surface area contributed by atoms with Crippen molar-refractivity contribution in [3.8, 4) is 0 Å². The van der Waals surface area contributed by atoms with Crippen molar-refractivity contribution < 1.29 is 9.84 Å². The summed E-state index contributed by atoms with van der Waals surface area (Å²) >= 11 is 0. The number of morpholine rings is 1. The van der Waals surface area contributed by atoms with Gasteiger partial charge in [-0.3, -0.25) is 4.90 Å². The van der Waals surface area contributed by atoms with Crippen molar-refractivity contribution in [1.82, 2.24) is 4.90 Å². The molecule has 1 heterocycles. The van der Waals surface area contributed by atoms with E-state index in [0.717, 1.165) is 32.2 Å². The first-order chi connectivity index (χ1) is 8.13. The lowest BCUT2D eigenvalue weighted by Crippen LogP contribution is -2.49. The van der Waals surface area contributed by atoms with Gasteiger partial charge in [-0.05, 0) is 25.7 Å². The maximum atomic E-state index is 9.80. The van der Waals surface area contributed by atoms with E-state index in [1.54, 1.807) is 0 Å². The van der Waals surface area contributed by atoms with E-state index in [1.165, 1.54) is 25.7 Å². The van der Waals surface area contributed by atoms with Crippen LogP contribution in [-0.4, -0.2) is 49.0 Å². The number of aliphatic hydroxyl groups is 1. The zero-order chi connectivity index (χ0) is 12.3. The normalized spacial score (nSPS) is 40.4. The molecule has 0 radical (unpaired) electrons. The zero-order valence-corrected chi connectivity index (χ0v) is 11.3. The number of hydrogen-bond acceptors (Lipinski definition) is 3. The van der Waals surface area contributed by atoms with Gasteiger partial charge in [-0.2, -0.15) is 0 Å². The smallest absolute Gasteiger partial charge is 0.0674 e. The van der Waals surface area contributed by atoms with E-state index < -0.39 is 0 Å². The van der Waals surface area contributed by atoms with Crippen LogP contribution in [0.15, 0.2) is 0 Å². The first-order valence-electron chi connectivity index (χ1n) is 7.08. The van der Waals surface area contributed by atoms with Gasteiger partial charge in [-0.15, -0.1) is 0 Å².